The van der Waals surface area contributed by atoms with E-state index in [9.17, 15) is 4.79 Å². The Balaban J connectivity index is 1.67. The Bertz CT molecular complexity index is 1050. The lowest BCUT2D eigenvalue weighted by Gasteiger charge is -2.12. The van der Waals surface area contributed by atoms with Crippen LogP contribution in [0.2, 0.25) is 0 Å². The van der Waals surface area contributed by atoms with Crippen molar-refractivity contribution in [2.24, 2.45) is 5.10 Å². The minimum Gasteiger partial charge on any atom is -0.493 e. The molecule has 2 aromatic carbocycles. The van der Waals surface area contributed by atoms with Crippen LogP contribution in [0.4, 0.5) is 5.95 Å². The molecule has 0 fully saturated rings. The Kier molecular flexibility index (Phi) is 6.01. The first-order valence-corrected chi connectivity index (χ1v) is 8.65. The molecule has 3 aromatic rings. The number of rotatable bonds is 7. The number of aryl methyl sites for hydroxylation is 2. The Hall–Kier alpha value is -3.68. The minimum absolute atomic E-state index is 0.164. The molecule has 144 valence electrons. The fraction of sp³-hybridized carbons (Fsp3) is 0.200. The van der Waals surface area contributed by atoms with Crippen molar-refractivity contribution in [1.29, 1.82) is 0 Å². The van der Waals surface area contributed by atoms with E-state index in [2.05, 4.69) is 25.7 Å². The number of H-pyrrole nitrogens is 1. The highest BCUT2D eigenvalue weighted by molar-refractivity contribution is 5.81. The van der Waals surface area contributed by atoms with E-state index in [1.807, 2.05) is 49.4 Å². The molecular formula is C20H21N5O3. The first-order chi connectivity index (χ1) is 13.6. The van der Waals surface area contributed by atoms with Gasteiger partial charge in [-0.1, -0.05) is 24.3 Å². The molecule has 0 aliphatic carbocycles. The van der Waals surface area contributed by atoms with Gasteiger partial charge >= 0.3 is 0 Å². The van der Waals surface area contributed by atoms with Gasteiger partial charge in [-0.05, 0) is 48.7 Å². The summed E-state index contributed by atoms with van der Waals surface area (Å²) in [5.41, 5.74) is 5.69. The zero-order valence-electron chi connectivity index (χ0n) is 15.9. The predicted octanol–water partition coefficient (Wildman–Crippen LogP) is 2.82. The number of nitrogens with zero attached hydrogens (tertiary/aromatic N) is 3. The van der Waals surface area contributed by atoms with Gasteiger partial charge in [-0.25, -0.2) is 5.43 Å². The summed E-state index contributed by atoms with van der Waals surface area (Å²) in [6.07, 6.45) is 1.58. The molecule has 0 aliphatic rings. The second kappa shape index (κ2) is 8.81. The van der Waals surface area contributed by atoms with Crippen LogP contribution in [0.15, 0.2) is 52.4 Å². The van der Waals surface area contributed by atoms with Crippen LogP contribution in [0.25, 0.3) is 0 Å². The molecule has 1 aromatic heterocycles. The molecule has 0 radical (unpaired) electrons. The van der Waals surface area contributed by atoms with Gasteiger partial charge in [0.15, 0.2) is 11.5 Å². The third-order valence-electron chi connectivity index (χ3n) is 4.08. The highest BCUT2D eigenvalue weighted by Gasteiger charge is 2.07. The van der Waals surface area contributed by atoms with Crippen molar-refractivity contribution in [3.05, 3.63) is 75.2 Å². The van der Waals surface area contributed by atoms with Crippen LogP contribution in [0.1, 0.15) is 22.4 Å². The van der Waals surface area contributed by atoms with Gasteiger partial charge in [0.05, 0.1) is 13.3 Å². The standard InChI is InChI=1S/C20H21N5O3/c1-13-6-4-5-7-16(13)12-28-17-9-8-15(10-18(17)27-3)11-21-24-20-22-19(26)14(2)23-25-20/h4-11H,12H2,1-3H3,(H2,22,24,25,26)/b21-11-. The van der Waals surface area contributed by atoms with Crippen LogP contribution < -0.4 is 20.5 Å². The maximum absolute atomic E-state index is 11.5. The molecule has 0 saturated heterocycles. The summed E-state index contributed by atoms with van der Waals surface area (Å²) >= 11 is 0. The lowest BCUT2D eigenvalue weighted by atomic mass is 10.1. The molecule has 8 heteroatoms. The van der Waals surface area contributed by atoms with Crippen molar-refractivity contribution in [3.8, 4) is 11.5 Å². The number of hydrogen-bond acceptors (Lipinski definition) is 7. The Morgan fingerprint density at radius 1 is 1.14 bits per heavy atom. The Labute approximate surface area is 162 Å². The van der Waals surface area contributed by atoms with E-state index in [4.69, 9.17) is 9.47 Å². The molecule has 2 N–H and O–H groups in total. The molecule has 0 amide bonds. The van der Waals surface area contributed by atoms with Crippen LogP contribution in [-0.4, -0.2) is 28.5 Å². The molecule has 1 heterocycles. The van der Waals surface area contributed by atoms with E-state index >= 15 is 0 Å². The van der Waals surface area contributed by atoms with Crippen LogP contribution in [0.5, 0.6) is 11.5 Å². The summed E-state index contributed by atoms with van der Waals surface area (Å²) in [7, 11) is 1.59. The topological polar surface area (TPSA) is 101 Å². The molecule has 3 rings (SSSR count). The van der Waals surface area contributed by atoms with Gasteiger partial charge in [-0.3, -0.25) is 9.78 Å². The maximum atomic E-state index is 11.5. The number of methoxy groups -OCH3 is 1. The van der Waals surface area contributed by atoms with Gasteiger partial charge in [-0.15, -0.1) is 10.2 Å². The van der Waals surface area contributed by atoms with Gasteiger partial charge in [0.1, 0.15) is 12.3 Å². The van der Waals surface area contributed by atoms with Crippen LogP contribution in [0.3, 0.4) is 0 Å². The zero-order valence-corrected chi connectivity index (χ0v) is 15.9. The second-order valence-electron chi connectivity index (χ2n) is 6.08. The predicted molar refractivity (Wildman–Crippen MR) is 107 cm³/mol. The minimum atomic E-state index is -0.315. The Morgan fingerprint density at radius 3 is 2.71 bits per heavy atom. The second-order valence-corrected chi connectivity index (χ2v) is 6.08. The van der Waals surface area contributed by atoms with E-state index in [0.29, 0.717) is 23.8 Å². The van der Waals surface area contributed by atoms with Gasteiger partial charge in [0.2, 0.25) is 5.95 Å². The monoisotopic (exact) mass is 379 g/mol. The number of hydrogen-bond donors (Lipinski definition) is 2. The van der Waals surface area contributed by atoms with Crippen LogP contribution in [-0.2, 0) is 6.61 Å². The molecule has 0 spiro atoms. The van der Waals surface area contributed by atoms with Crippen molar-refractivity contribution in [3.63, 3.8) is 0 Å². The fourth-order valence-corrected chi connectivity index (χ4v) is 2.42. The molecule has 0 atom stereocenters. The van der Waals surface area contributed by atoms with Crippen molar-refractivity contribution in [2.45, 2.75) is 20.5 Å². The smallest absolute Gasteiger partial charge is 0.274 e. The maximum Gasteiger partial charge on any atom is 0.274 e. The van der Waals surface area contributed by atoms with Gasteiger partial charge < -0.3 is 9.47 Å². The summed E-state index contributed by atoms with van der Waals surface area (Å²) in [4.78, 5) is 14.0. The summed E-state index contributed by atoms with van der Waals surface area (Å²) < 4.78 is 11.3. The average Bonchev–Trinajstić information content (AvgIpc) is 2.70. The quantitative estimate of drug-likeness (QED) is 0.483. The third-order valence-corrected chi connectivity index (χ3v) is 4.08. The number of aromatic amines is 1. The normalized spacial score (nSPS) is 10.8. The van der Waals surface area contributed by atoms with E-state index in [0.717, 1.165) is 11.1 Å². The van der Waals surface area contributed by atoms with Crippen molar-refractivity contribution >= 4 is 12.2 Å². The summed E-state index contributed by atoms with van der Waals surface area (Å²) in [5, 5.41) is 11.6. The highest BCUT2D eigenvalue weighted by Crippen LogP contribution is 2.28. The largest absolute Gasteiger partial charge is 0.493 e. The van der Waals surface area contributed by atoms with E-state index in [1.165, 1.54) is 5.56 Å². The molecule has 0 unspecified atom stereocenters. The van der Waals surface area contributed by atoms with Crippen molar-refractivity contribution in [2.75, 3.05) is 12.5 Å². The molecule has 0 saturated carbocycles. The van der Waals surface area contributed by atoms with E-state index < -0.39 is 0 Å². The number of hydrazone groups is 1. The van der Waals surface area contributed by atoms with Crippen molar-refractivity contribution < 1.29 is 9.47 Å². The Morgan fingerprint density at radius 2 is 1.96 bits per heavy atom. The summed E-state index contributed by atoms with van der Waals surface area (Å²) in [6, 6.07) is 13.6. The molecule has 0 bridgehead atoms. The van der Waals surface area contributed by atoms with Gasteiger partial charge in [-0.2, -0.15) is 5.10 Å². The number of nitrogens with one attached hydrogen (secondary N) is 2. The summed E-state index contributed by atoms with van der Waals surface area (Å²) in [5.74, 6) is 1.41. The molecule has 8 nitrogen and oxygen atoms in total. The molecular weight excluding hydrogens is 358 g/mol. The van der Waals surface area contributed by atoms with Crippen LogP contribution in [0, 0.1) is 13.8 Å². The van der Waals surface area contributed by atoms with Gasteiger partial charge in [0.25, 0.3) is 5.56 Å². The first kappa shape index (κ1) is 19.1. The zero-order chi connectivity index (χ0) is 19.9. The molecule has 28 heavy (non-hydrogen) atoms. The van der Waals surface area contributed by atoms with E-state index in [1.54, 1.807) is 20.2 Å². The number of aromatic nitrogens is 3. The molecule has 0 aliphatic heterocycles. The van der Waals surface area contributed by atoms with Crippen LogP contribution >= 0.6 is 0 Å². The number of anilines is 1. The third kappa shape index (κ3) is 4.73. The number of ether oxygens (including phenoxy) is 2. The lowest BCUT2D eigenvalue weighted by molar-refractivity contribution is 0.284. The van der Waals surface area contributed by atoms with Gasteiger partial charge in [0, 0.05) is 0 Å². The lowest BCUT2D eigenvalue weighted by Crippen LogP contribution is -2.15. The summed E-state index contributed by atoms with van der Waals surface area (Å²) in [6.45, 7) is 4.08. The highest BCUT2D eigenvalue weighted by atomic mass is 16.5. The average molecular weight is 379 g/mol. The SMILES string of the molecule is COc1cc(/C=N\Nc2nnc(C)c(=O)[nH]2)ccc1OCc1ccccc1C. The first-order valence-electron chi connectivity index (χ1n) is 8.65. The van der Waals surface area contributed by atoms with E-state index in [-0.39, 0.29) is 11.5 Å². The van der Waals surface area contributed by atoms with Crippen molar-refractivity contribution in [1.82, 2.24) is 15.2 Å². The fourth-order valence-electron chi connectivity index (χ4n) is 2.42. The number of benzene rings is 2.